The Kier molecular flexibility index (Phi) is 5.02. The Morgan fingerprint density at radius 3 is 2.75 bits per heavy atom. The Labute approximate surface area is 123 Å². The lowest BCUT2D eigenvalue weighted by Crippen LogP contribution is -2.25. The van der Waals surface area contributed by atoms with Gasteiger partial charge in [-0.25, -0.2) is 0 Å². The van der Waals surface area contributed by atoms with Crippen LogP contribution in [0.2, 0.25) is 5.02 Å². The van der Waals surface area contributed by atoms with E-state index in [1.165, 1.54) is 0 Å². The minimum absolute atomic E-state index is 0.115. The molecule has 0 fully saturated rings. The molecule has 0 aromatic heterocycles. The summed E-state index contributed by atoms with van der Waals surface area (Å²) in [6.07, 6.45) is 0.753. The lowest BCUT2D eigenvalue weighted by atomic mass is 10.1. The van der Waals surface area contributed by atoms with E-state index in [2.05, 4.69) is 5.32 Å². The van der Waals surface area contributed by atoms with Crippen molar-refractivity contribution in [2.45, 2.75) is 6.42 Å². The van der Waals surface area contributed by atoms with Crippen LogP contribution in [0.25, 0.3) is 0 Å². The van der Waals surface area contributed by atoms with Crippen molar-refractivity contribution < 1.29 is 9.53 Å². The summed E-state index contributed by atoms with van der Waals surface area (Å²) in [6, 6.07) is 14.7. The van der Waals surface area contributed by atoms with E-state index >= 15 is 0 Å². The van der Waals surface area contributed by atoms with Gasteiger partial charge < -0.3 is 10.1 Å². The predicted molar refractivity (Wildman–Crippen MR) is 80.5 cm³/mol. The molecule has 0 saturated carbocycles. The van der Waals surface area contributed by atoms with E-state index in [-0.39, 0.29) is 5.91 Å². The molecule has 0 saturated heterocycles. The van der Waals surface area contributed by atoms with Gasteiger partial charge in [-0.05, 0) is 42.3 Å². The lowest BCUT2D eigenvalue weighted by Gasteiger charge is -2.07. The van der Waals surface area contributed by atoms with Gasteiger partial charge in [-0.15, -0.1) is 0 Å². The molecule has 0 bridgehead atoms. The number of hydrogen-bond acceptors (Lipinski definition) is 2. The van der Waals surface area contributed by atoms with Crippen LogP contribution in [0, 0.1) is 0 Å². The van der Waals surface area contributed by atoms with Crippen LogP contribution < -0.4 is 10.1 Å². The summed E-state index contributed by atoms with van der Waals surface area (Å²) in [7, 11) is 1.64. The van der Waals surface area contributed by atoms with E-state index < -0.39 is 0 Å². The van der Waals surface area contributed by atoms with Gasteiger partial charge in [-0.2, -0.15) is 0 Å². The van der Waals surface area contributed by atoms with E-state index in [9.17, 15) is 4.79 Å². The SMILES string of the molecule is COc1cccc(CCNC(=O)c2cccc(Cl)c2)c1. The Bertz CT molecular complexity index is 599. The molecule has 0 unspecified atom stereocenters. The molecule has 1 N–H and O–H groups in total. The number of methoxy groups -OCH3 is 1. The smallest absolute Gasteiger partial charge is 0.251 e. The van der Waals surface area contributed by atoms with Gasteiger partial charge in [-0.1, -0.05) is 29.8 Å². The fraction of sp³-hybridized carbons (Fsp3) is 0.188. The zero-order valence-electron chi connectivity index (χ0n) is 11.2. The van der Waals surface area contributed by atoms with Gasteiger partial charge >= 0.3 is 0 Å². The summed E-state index contributed by atoms with van der Waals surface area (Å²) in [5, 5.41) is 3.43. The Morgan fingerprint density at radius 2 is 2.00 bits per heavy atom. The first kappa shape index (κ1) is 14.4. The number of carbonyl (C=O) groups is 1. The largest absolute Gasteiger partial charge is 0.497 e. The number of ether oxygens (including phenoxy) is 1. The van der Waals surface area contributed by atoms with Crippen molar-refractivity contribution in [3.05, 3.63) is 64.7 Å². The molecule has 1 amide bonds. The average Bonchev–Trinajstić information content (AvgIpc) is 2.47. The van der Waals surface area contributed by atoms with E-state index in [0.29, 0.717) is 17.1 Å². The third-order valence-electron chi connectivity index (χ3n) is 2.92. The predicted octanol–water partition coefficient (Wildman–Crippen LogP) is 3.32. The van der Waals surface area contributed by atoms with Gasteiger partial charge in [0.05, 0.1) is 7.11 Å². The van der Waals surface area contributed by atoms with Crippen molar-refractivity contribution in [1.82, 2.24) is 5.32 Å². The first-order valence-corrected chi connectivity index (χ1v) is 6.73. The molecule has 0 radical (unpaired) electrons. The Hall–Kier alpha value is -2.00. The number of benzene rings is 2. The first-order chi connectivity index (χ1) is 9.69. The summed E-state index contributed by atoms with van der Waals surface area (Å²) >= 11 is 5.86. The molecule has 0 atom stereocenters. The minimum atomic E-state index is -0.115. The van der Waals surface area contributed by atoms with E-state index in [1.54, 1.807) is 31.4 Å². The zero-order valence-corrected chi connectivity index (χ0v) is 12.0. The maximum absolute atomic E-state index is 11.9. The molecule has 2 rings (SSSR count). The highest BCUT2D eigenvalue weighted by Gasteiger charge is 2.05. The molecule has 4 heteroatoms. The second-order valence-electron chi connectivity index (χ2n) is 4.37. The lowest BCUT2D eigenvalue weighted by molar-refractivity contribution is 0.0954. The summed E-state index contributed by atoms with van der Waals surface area (Å²) in [6.45, 7) is 0.568. The van der Waals surface area contributed by atoms with Gasteiger partial charge in [0, 0.05) is 17.1 Å². The Morgan fingerprint density at radius 1 is 1.20 bits per heavy atom. The number of nitrogens with one attached hydrogen (secondary N) is 1. The molecule has 20 heavy (non-hydrogen) atoms. The maximum atomic E-state index is 11.9. The van der Waals surface area contributed by atoms with Crippen molar-refractivity contribution in [3.8, 4) is 5.75 Å². The maximum Gasteiger partial charge on any atom is 0.251 e. The standard InChI is InChI=1S/C16H16ClNO2/c1-20-15-7-2-4-12(10-15)8-9-18-16(19)13-5-3-6-14(17)11-13/h2-7,10-11H,8-9H2,1H3,(H,18,19). The highest BCUT2D eigenvalue weighted by Crippen LogP contribution is 2.13. The molecule has 2 aromatic rings. The van der Waals surface area contributed by atoms with Crippen LogP contribution in [-0.2, 0) is 6.42 Å². The van der Waals surface area contributed by atoms with Gasteiger partial charge in [0.1, 0.15) is 5.75 Å². The van der Waals surface area contributed by atoms with Crippen molar-refractivity contribution in [2.24, 2.45) is 0 Å². The van der Waals surface area contributed by atoms with Crippen LogP contribution in [-0.4, -0.2) is 19.6 Å². The summed E-state index contributed by atoms with van der Waals surface area (Å²) in [4.78, 5) is 11.9. The monoisotopic (exact) mass is 289 g/mol. The number of hydrogen-bond donors (Lipinski definition) is 1. The normalized spacial score (nSPS) is 10.1. The number of rotatable bonds is 5. The topological polar surface area (TPSA) is 38.3 Å². The second kappa shape index (κ2) is 6.96. The summed E-state index contributed by atoms with van der Waals surface area (Å²) in [5.41, 5.74) is 1.69. The molecule has 0 spiro atoms. The third kappa shape index (κ3) is 4.00. The van der Waals surface area contributed by atoms with Gasteiger partial charge in [0.25, 0.3) is 5.91 Å². The van der Waals surface area contributed by atoms with Crippen molar-refractivity contribution in [3.63, 3.8) is 0 Å². The molecule has 0 aliphatic carbocycles. The van der Waals surface area contributed by atoms with E-state index in [1.807, 2.05) is 24.3 Å². The van der Waals surface area contributed by atoms with Gasteiger partial charge in [-0.3, -0.25) is 4.79 Å². The van der Waals surface area contributed by atoms with Gasteiger partial charge in [0.2, 0.25) is 0 Å². The van der Waals surface area contributed by atoms with Crippen LogP contribution in [0.1, 0.15) is 15.9 Å². The number of amides is 1. The quantitative estimate of drug-likeness (QED) is 0.917. The van der Waals surface area contributed by atoms with Crippen molar-refractivity contribution in [2.75, 3.05) is 13.7 Å². The fourth-order valence-electron chi connectivity index (χ4n) is 1.88. The van der Waals surface area contributed by atoms with Crippen LogP contribution in [0.4, 0.5) is 0 Å². The zero-order chi connectivity index (χ0) is 14.4. The molecular weight excluding hydrogens is 274 g/mol. The fourth-order valence-corrected chi connectivity index (χ4v) is 2.07. The molecule has 104 valence electrons. The Balaban J connectivity index is 1.88. The van der Waals surface area contributed by atoms with Crippen molar-refractivity contribution in [1.29, 1.82) is 0 Å². The highest BCUT2D eigenvalue weighted by molar-refractivity contribution is 6.30. The first-order valence-electron chi connectivity index (χ1n) is 6.36. The van der Waals surface area contributed by atoms with E-state index in [4.69, 9.17) is 16.3 Å². The van der Waals surface area contributed by atoms with Crippen LogP contribution in [0.3, 0.4) is 0 Å². The number of carbonyl (C=O) groups excluding carboxylic acids is 1. The molecule has 3 nitrogen and oxygen atoms in total. The molecule has 0 aliphatic rings. The average molecular weight is 290 g/mol. The molecule has 0 aliphatic heterocycles. The van der Waals surface area contributed by atoms with Crippen LogP contribution in [0.15, 0.2) is 48.5 Å². The van der Waals surface area contributed by atoms with Crippen molar-refractivity contribution >= 4 is 17.5 Å². The molecule has 0 heterocycles. The minimum Gasteiger partial charge on any atom is -0.497 e. The molecular formula is C16H16ClNO2. The summed E-state index contributed by atoms with van der Waals surface area (Å²) < 4.78 is 5.16. The van der Waals surface area contributed by atoms with Gasteiger partial charge in [0.15, 0.2) is 0 Å². The molecule has 2 aromatic carbocycles. The highest BCUT2D eigenvalue weighted by atomic mass is 35.5. The van der Waals surface area contributed by atoms with Crippen LogP contribution in [0.5, 0.6) is 5.75 Å². The summed E-state index contributed by atoms with van der Waals surface area (Å²) in [5.74, 6) is 0.707. The second-order valence-corrected chi connectivity index (χ2v) is 4.80. The number of halogens is 1. The van der Waals surface area contributed by atoms with Crippen LogP contribution >= 0.6 is 11.6 Å². The van der Waals surface area contributed by atoms with E-state index in [0.717, 1.165) is 17.7 Å². The third-order valence-corrected chi connectivity index (χ3v) is 3.16.